The second-order valence-corrected chi connectivity index (χ2v) is 8.03. The van der Waals surface area contributed by atoms with Crippen molar-refractivity contribution in [2.24, 2.45) is 11.8 Å². The van der Waals surface area contributed by atoms with Crippen molar-refractivity contribution >= 4 is 36.5 Å². The van der Waals surface area contributed by atoms with Crippen LogP contribution < -0.4 is 15.5 Å². The predicted octanol–water partition coefficient (Wildman–Crippen LogP) is 3.05. The van der Waals surface area contributed by atoms with Crippen LogP contribution in [0.2, 0.25) is 0 Å². The van der Waals surface area contributed by atoms with Crippen LogP contribution in [0.5, 0.6) is 0 Å². The Morgan fingerprint density at radius 1 is 1.25 bits per heavy atom. The molecule has 1 amide bonds. The lowest BCUT2D eigenvalue weighted by Gasteiger charge is -2.34. The van der Waals surface area contributed by atoms with Gasteiger partial charge in [-0.1, -0.05) is 6.92 Å². The number of amides is 1. The summed E-state index contributed by atoms with van der Waals surface area (Å²) in [5.74, 6) is 3.14. The van der Waals surface area contributed by atoms with Crippen LogP contribution in [0.15, 0.2) is 6.07 Å². The molecule has 1 aromatic rings. The van der Waals surface area contributed by atoms with Crippen LogP contribution in [-0.4, -0.2) is 48.1 Å². The lowest BCUT2D eigenvalue weighted by Crippen LogP contribution is -2.45. The molecule has 8 heteroatoms. The quantitative estimate of drug-likeness (QED) is 0.749. The molecule has 0 saturated carbocycles. The Balaban J connectivity index is 0.00000196. The number of carbonyl (C=O) groups excluding carboxylic acids is 1. The van der Waals surface area contributed by atoms with Gasteiger partial charge in [0.25, 0.3) is 0 Å². The topological polar surface area (TPSA) is 70.2 Å². The molecular weight excluding hydrogens is 397 g/mol. The van der Waals surface area contributed by atoms with Gasteiger partial charge in [0.2, 0.25) is 5.91 Å². The average molecular weight is 432 g/mol. The molecule has 2 unspecified atom stereocenters. The maximum absolute atomic E-state index is 12.4. The summed E-state index contributed by atoms with van der Waals surface area (Å²) in [4.78, 5) is 23.7. The van der Waals surface area contributed by atoms with Gasteiger partial charge in [-0.15, -0.1) is 24.8 Å². The third-order valence-electron chi connectivity index (χ3n) is 5.78. The Kier molecular flexibility index (Phi) is 10.5. The summed E-state index contributed by atoms with van der Waals surface area (Å²) in [6.07, 6.45) is 5.09. The number of hydrogen-bond acceptors (Lipinski definition) is 5. The van der Waals surface area contributed by atoms with E-state index in [0.29, 0.717) is 24.3 Å². The SMILES string of the molecule is Cc1cc(N2CCC(NC(=O)CC(C)C3CCCNC3)CC2)nc(C)n1.Cl.Cl. The fourth-order valence-electron chi connectivity index (χ4n) is 4.22. The molecule has 0 aliphatic carbocycles. The van der Waals surface area contributed by atoms with Gasteiger partial charge in [0.1, 0.15) is 11.6 Å². The second-order valence-electron chi connectivity index (χ2n) is 8.03. The standard InChI is InChI=1S/C20H33N5O.2ClH/c1-14(17-5-4-8-21-13-17)11-20(26)24-18-6-9-25(10-7-18)19-12-15(2)22-16(3)23-19;;/h12,14,17-18,21H,4-11,13H2,1-3H3,(H,24,26);2*1H. The normalized spacial score (nSPS) is 21.2. The molecule has 3 rings (SSSR count). The lowest BCUT2D eigenvalue weighted by atomic mass is 9.85. The molecular formula is C20H35Cl2N5O. The Morgan fingerprint density at radius 3 is 2.57 bits per heavy atom. The third-order valence-corrected chi connectivity index (χ3v) is 5.78. The number of piperidine rings is 2. The minimum atomic E-state index is 0. The van der Waals surface area contributed by atoms with Crippen molar-refractivity contribution < 1.29 is 4.79 Å². The van der Waals surface area contributed by atoms with Crippen LogP contribution >= 0.6 is 24.8 Å². The monoisotopic (exact) mass is 431 g/mol. The van der Waals surface area contributed by atoms with Crippen LogP contribution in [-0.2, 0) is 4.79 Å². The molecule has 2 aliphatic rings. The number of nitrogens with zero attached hydrogens (tertiary/aromatic N) is 3. The Bertz CT molecular complexity index is 596. The summed E-state index contributed by atoms with van der Waals surface area (Å²) in [7, 11) is 0. The van der Waals surface area contributed by atoms with Gasteiger partial charge in [-0.25, -0.2) is 9.97 Å². The number of aromatic nitrogens is 2. The Hall–Kier alpha value is -1.11. The highest BCUT2D eigenvalue weighted by Gasteiger charge is 2.25. The molecule has 2 saturated heterocycles. The van der Waals surface area contributed by atoms with Crippen molar-refractivity contribution in [2.75, 3.05) is 31.1 Å². The van der Waals surface area contributed by atoms with E-state index in [1.54, 1.807) is 0 Å². The molecule has 2 N–H and O–H groups in total. The number of carbonyl (C=O) groups is 1. The van der Waals surface area contributed by atoms with Crippen molar-refractivity contribution in [3.63, 3.8) is 0 Å². The van der Waals surface area contributed by atoms with E-state index >= 15 is 0 Å². The number of hydrogen-bond donors (Lipinski definition) is 2. The van der Waals surface area contributed by atoms with Crippen LogP contribution in [0.1, 0.15) is 50.5 Å². The maximum Gasteiger partial charge on any atom is 0.220 e. The Morgan fingerprint density at radius 2 is 1.96 bits per heavy atom. The smallest absolute Gasteiger partial charge is 0.220 e. The molecule has 28 heavy (non-hydrogen) atoms. The van der Waals surface area contributed by atoms with Gasteiger partial charge in [-0.2, -0.15) is 0 Å². The first kappa shape index (κ1) is 24.9. The first-order valence-electron chi connectivity index (χ1n) is 10.1. The van der Waals surface area contributed by atoms with Crippen LogP contribution in [0, 0.1) is 25.7 Å². The summed E-state index contributed by atoms with van der Waals surface area (Å²) < 4.78 is 0. The summed E-state index contributed by atoms with van der Waals surface area (Å²) in [5, 5.41) is 6.72. The van der Waals surface area contributed by atoms with E-state index in [1.165, 1.54) is 12.8 Å². The third kappa shape index (κ3) is 7.05. The minimum absolute atomic E-state index is 0. The highest BCUT2D eigenvalue weighted by molar-refractivity contribution is 5.85. The molecule has 6 nitrogen and oxygen atoms in total. The van der Waals surface area contributed by atoms with Crippen LogP contribution in [0.25, 0.3) is 0 Å². The molecule has 3 heterocycles. The number of nitrogens with one attached hydrogen (secondary N) is 2. The zero-order chi connectivity index (χ0) is 18.5. The lowest BCUT2D eigenvalue weighted by molar-refractivity contribution is -0.123. The molecule has 2 fully saturated rings. The van der Waals surface area contributed by atoms with E-state index in [1.807, 2.05) is 19.9 Å². The van der Waals surface area contributed by atoms with Crippen molar-refractivity contribution in [3.05, 3.63) is 17.6 Å². The first-order valence-corrected chi connectivity index (χ1v) is 10.1. The highest BCUT2D eigenvalue weighted by Crippen LogP contribution is 2.23. The van der Waals surface area contributed by atoms with Gasteiger partial charge < -0.3 is 15.5 Å². The first-order chi connectivity index (χ1) is 12.5. The molecule has 0 spiro atoms. The van der Waals surface area contributed by atoms with Gasteiger partial charge in [0.15, 0.2) is 0 Å². The summed E-state index contributed by atoms with van der Waals surface area (Å²) >= 11 is 0. The van der Waals surface area contributed by atoms with E-state index in [0.717, 1.165) is 56.4 Å². The minimum Gasteiger partial charge on any atom is -0.356 e. The largest absolute Gasteiger partial charge is 0.356 e. The van der Waals surface area contributed by atoms with Gasteiger partial charge in [-0.3, -0.25) is 4.79 Å². The fourth-order valence-corrected chi connectivity index (χ4v) is 4.22. The van der Waals surface area contributed by atoms with E-state index in [4.69, 9.17) is 0 Å². The molecule has 0 bridgehead atoms. The molecule has 160 valence electrons. The zero-order valence-electron chi connectivity index (χ0n) is 17.2. The van der Waals surface area contributed by atoms with Crippen molar-refractivity contribution in [2.45, 2.75) is 58.9 Å². The summed E-state index contributed by atoms with van der Waals surface area (Å²) in [6, 6.07) is 2.34. The predicted molar refractivity (Wildman–Crippen MR) is 119 cm³/mol. The maximum atomic E-state index is 12.4. The van der Waals surface area contributed by atoms with Gasteiger partial charge in [-0.05, 0) is 64.5 Å². The van der Waals surface area contributed by atoms with Gasteiger partial charge in [0.05, 0.1) is 0 Å². The fraction of sp³-hybridized carbons (Fsp3) is 0.750. The van der Waals surface area contributed by atoms with E-state index in [9.17, 15) is 4.79 Å². The highest BCUT2D eigenvalue weighted by atomic mass is 35.5. The molecule has 0 radical (unpaired) electrons. The van der Waals surface area contributed by atoms with E-state index in [2.05, 4.69) is 32.4 Å². The molecule has 1 aromatic heterocycles. The molecule has 2 aliphatic heterocycles. The van der Waals surface area contributed by atoms with E-state index in [-0.39, 0.29) is 30.7 Å². The van der Waals surface area contributed by atoms with Crippen molar-refractivity contribution in [1.29, 1.82) is 0 Å². The molecule has 0 aromatic carbocycles. The zero-order valence-corrected chi connectivity index (χ0v) is 18.9. The summed E-state index contributed by atoms with van der Waals surface area (Å²) in [5.41, 5.74) is 1.01. The number of aryl methyl sites for hydroxylation is 2. The van der Waals surface area contributed by atoms with Crippen molar-refractivity contribution in [1.82, 2.24) is 20.6 Å². The number of halogens is 2. The van der Waals surface area contributed by atoms with Crippen LogP contribution in [0.4, 0.5) is 5.82 Å². The van der Waals surface area contributed by atoms with Gasteiger partial charge in [0, 0.05) is 37.3 Å². The number of rotatable bonds is 5. The van der Waals surface area contributed by atoms with Crippen LogP contribution in [0.3, 0.4) is 0 Å². The number of anilines is 1. The molecule has 2 atom stereocenters. The summed E-state index contributed by atoms with van der Waals surface area (Å²) in [6.45, 7) is 10.2. The van der Waals surface area contributed by atoms with Gasteiger partial charge >= 0.3 is 0 Å². The Labute approximate surface area is 181 Å². The average Bonchev–Trinajstić information content (AvgIpc) is 2.62. The van der Waals surface area contributed by atoms with Crippen molar-refractivity contribution in [3.8, 4) is 0 Å². The second kappa shape index (κ2) is 11.8. The van der Waals surface area contributed by atoms with E-state index < -0.39 is 0 Å².